The molecule has 0 bridgehead atoms. The van der Waals surface area contributed by atoms with Gasteiger partial charge in [-0.2, -0.15) is 0 Å². The largest absolute Gasteiger partial charge is 0.545 e. The van der Waals surface area contributed by atoms with Crippen LogP contribution in [0.4, 0.5) is 0 Å². The van der Waals surface area contributed by atoms with E-state index >= 15 is 0 Å². The highest BCUT2D eigenvalue weighted by atomic mass is 35.5. The first kappa shape index (κ1) is 8.98. The van der Waals surface area contributed by atoms with E-state index in [1.54, 1.807) is 18.2 Å². The summed E-state index contributed by atoms with van der Waals surface area (Å²) >= 11 is 0. The van der Waals surface area contributed by atoms with Crippen molar-refractivity contribution in [3.05, 3.63) is 35.9 Å². The standard InChI is InChI=1S/C7H6O2.ClH2/c8-7(9)6-4-2-1-3-5-6;/h1-5H,(H,8,9);1H2/q;+1/p-1. The number of benzene rings is 1. The van der Waals surface area contributed by atoms with Crippen LogP contribution in [-0.2, 0) is 0 Å². The number of carbonyl (C=O) groups is 1. The zero-order valence-corrected chi connectivity index (χ0v) is 6.04. The van der Waals surface area contributed by atoms with Crippen LogP contribution in [-0.4, -0.2) is 5.97 Å². The van der Waals surface area contributed by atoms with Gasteiger partial charge in [-0.15, -0.1) is 0 Å². The summed E-state index contributed by atoms with van der Waals surface area (Å²) in [6.07, 6.45) is 0. The van der Waals surface area contributed by atoms with E-state index in [9.17, 15) is 9.90 Å². The van der Waals surface area contributed by atoms with E-state index in [-0.39, 0.29) is 18.0 Å². The van der Waals surface area contributed by atoms with Crippen molar-refractivity contribution in [1.29, 1.82) is 0 Å². The molecule has 0 aliphatic carbocycles. The van der Waals surface area contributed by atoms with Crippen LogP contribution in [0.15, 0.2) is 30.3 Å². The summed E-state index contributed by atoms with van der Waals surface area (Å²) in [7, 11) is 0. The quantitative estimate of drug-likeness (QED) is 0.554. The third kappa shape index (κ3) is 2.07. The Balaban J connectivity index is 0.000000810. The number of rotatable bonds is 1. The van der Waals surface area contributed by atoms with Gasteiger partial charge < -0.3 is 9.90 Å². The van der Waals surface area contributed by atoms with Gasteiger partial charge in [0.1, 0.15) is 0 Å². The van der Waals surface area contributed by atoms with Crippen molar-refractivity contribution in [3.8, 4) is 0 Å². The number of carbonyl (C=O) groups excluding carboxylic acids is 1. The molecule has 0 amide bonds. The van der Waals surface area contributed by atoms with Crippen molar-refractivity contribution in [2.24, 2.45) is 0 Å². The molecule has 0 N–H and O–H groups in total. The van der Waals surface area contributed by atoms with E-state index in [2.05, 4.69) is 0 Å². The molecule has 0 spiro atoms. The lowest BCUT2D eigenvalue weighted by molar-refractivity contribution is -0.255. The molecule has 1 aromatic rings. The second-order valence-electron chi connectivity index (χ2n) is 1.65. The molecule has 0 aliphatic heterocycles. The molecular formula is C7H7ClO2. The molecule has 0 radical (unpaired) electrons. The smallest absolute Gasteiger partial charge is 0.0903 e. The second-order valence-corrected chi connectivity index (χ2v) is 1.65. The van der Waals surface area contributed by atoms with Crippen LogP contribution in [0.3, 0.4) is 0 Å². The van der Waals surface area contributed by atoms with Gasteiger partial charge in [0, 0.05) is 0 Å². The average molecular weight is 159 g/mol. The van der Waals surface area contributed by atoms with Crippen LogP contribution < -0.4 is 5.11 Å². The number of carboxylic acids is 1. The highest BCUT2D eigenvalue weighted by Crippen LogP contribution is 1.94. The summed E-state index contributed by atoms with van der Waals surface area (Å²) in [5.74, 6) is -1.13. The van der Waals surface area contributed by atoms with Gasteiger partial charge in [0.05, 0.1) is 18.4 Å². The highest BCUT2D eigenvalue weighted by Gasteiger charge is 1.85. The lowest BCUT2D eigenvalue weighted by atomic mass is 10.2. The fraction of sp³-hybridized carbons (Fsp3) is 0. The number of carboxylic acid groups (broad SMARTS) is 1. The van der Waals surface area contributed by atoms with E-state index < -0.39 is 5.97 Å². The molecule has 3 heteroatoms. The van der Waals surface area contributed by atoms with Gasteiger partial charge in [-0.25, -0.2) is 0 Å². The van der Waals surface area contributed by atoms with Gasteiger partial charge in [-0.05, 0) is 5.56 Å². The van der Waals surface area contributed by atoms with E-state index in [4.69, 9.17) is 0 Å². The molecule has 0 aromatic heterocycles. The van der Waals surface area contributed by atoms with E-state index in [1.165, 1.54) is 12.1 Å². The van der Waals surface area contributed by atoms with Gasteiger partial charge >= 0.3 is 0 Å². The normalized spacial score (nSPS) is 8.00. The van der Waals surface area contributed by atoms with Gasteiger partial charge in [0.2, 0.25) is 0 Å². The SMILES string of the molecule is O=C([O-])c1ccccc1.[ClH2+]. The Morgan fingerprint density at radius 2 is 1.70 bits per heavy atom. The van der Waals surface area contributed by atoms with E-state index in [0.717, 1.165) is 0 Å². The Kier molecular flexibility index (Phi) is 3.51. The summed E-state index contributed by atoms with van der Waals surface area (Å²) in [6, 6.07) is 8.06. The Labute approximate surface area is 64.9 Å². The number of hydrogen-bond donors (Lipinski definition) is 0. The van der Waals surface area contributed by atoms with Crippen molar-refractivity contribution in [3.63, 3.8) is 0 Å². The van der Waals surface area contributed by atoms with Crippen LogP contribution in [0.2, 0.25) is 0 Å². The number of hydrogen-bond acceptors (Lipinski definition) is 2. The molecule has 0 unspecified atom stereocenters. The van der Waals surface area contributed by atoms with Gasteiger partial charge in [0.15, 0.2) is 0 Å². The predicted molar refractivity (Wildman–Crippen MR) is 33.6 cm³/mol. The molecule has 0 heterocycles. The molecule has 0 saturated heterocycles. The average Bonchev–Trinajstić information content (AvgIpc) is 1.90. The third-order valence-electron chi connectivity index (χ3n) is 1.01. The molecule has 0 atom stereocenters. The van der Waals surface area contributed by atoms with Crippen LogP contribution in [0, 0.1) is 12.4 Å². The lowest BCUT2D eigenvalue weighted by Gasteiger charge is -1.97. The molecule has 2 nitrogen and oxygen atoms in total. The third-order valence-corrected chi connectivity index (χ3v) is 1.01. The lowest BCUT2D eigenvalue weighted by Crippen LogP contribution is -2.21. The van der Waals surface area contributed by atoms with Crippen molar-refractivity contribution < 1.29 is 22.3 Å². The second kappa shape index (κ2) is 3.90. The monoisotopic (exact) mass is 158 g/mol. The summed E-state index contributed by atoms with van der Waals surface area (Å²) < 4.78 is 0. The van der Waals surface area contributed by atoms with Crippen molar-refractivity contribution in [1.82, 2.24) is 0 Å². The fourth-order valence-electron chi connectivity index (χ4n) is 0.574. The van der Waals surface area contributed by atoms with Crippen LogP contribution in [0.1, 0.15) is 10.4 Å². The zero-order chi connectivity index (χ0) is 6.69. The molecule has 10 heavy (non-hydrogen) atoms. The minimum atomic E-state index is -1.13. The molecular weight excluding hydrogens is 152 g/mol. The van der Waals surface area contributed by atoms with Crippen LogP contribution in [0.25, 0.3) is 0 Å². The fourth-order valence-corrected chi connectivity index (χ4v) is 0.574. The predicted octanol–water partition coefficient (Wildman–Crippen LogP) is -0.485. The summed E-state index contributed by atoms with van der Waals surface area (Å²) in [5, 5.41) is 10.1. The Morgan fingerprint density at radius 1 is 1.20 bits per heavy atom. The van der Waals surface area contributed by atoms with Crippen LogP contribution >= 0.6 is 0 Å². The van der Waals surface area contributed by atoms with Crippen LogP contribution in [0.5, 0.6) is 0 Å². The zero-order valence-electron chi connectivity index (χ0n) is 5.15. The summed E-state index contributed by atoms with van der Waals surface area (Å²) in [4.78, 5) is 10.1. The Morgan fingerprint density at radius 3 is 2.00 bits per heavy atom. The molecule has 1 rings (SSSR count). The first-order valence-corrected chi connectivity index (χ1v) is 2.57. The first-order chi connectivity index (χ1) is 4.30. The summed E-state index contributed by atoms with van der Waals surface area (Å²) in [5.41, 5.74) is 0.220. The number of halogens is 1. The van der Waals surface area contributed by atoms with Crippen molar-refractivity contribution in [2.75, 3.05) is 0 Å². The maximum Gasteiger partial charge on any atom is 0.0903 e. The molecule has 0 fully saturated rings. The topological polar surface area (TPSA) is 40.1 Å². The maximum absolute atomic E-state index is 10.1. The van der Waals surface area contributed by atoms with Gasteiger partial charge in [-0.1, -0.05) is 30.3 Å². The molecule has 0 saturated carbocycles. The van der Waals surface area contributed by atoms with E-state index in [1.807, 2.05) is 0 Å². The van der Waals surface area contributed by atoms with Crippen molar-refractivity contribution >= 4 is 5.97 Å². The Bertz CT molecular complexity index is 208. The Hall–Kier alpha value is -1.02. The molecule has 54 valence electrons. The molecule has 1 aromatic carbocycles. The first-order valence-electron chi connectivity index (χ1n) is 2.57. The maximum atomic E-state index is 10.1. The van der Waals surface area contributed by atoms with E-state index in [0.29, 0.717) is 0 Å². The molecule has 0 aliphatic rings. The minimum absolute atomic E-state index is 0. The van der Waals surface area contributed by atoms with Gasteiger partial charge in [-0.3, -0.25) is 0 Å². The highest BCUT2D eigenvalue weighted by molar-refractivity contribution is 5.85. The van der Waals surface area contributed by atoms with Gasteiger partial charge in [0.25, 0.3) is 0 Å². The number of aromatic carboxylic acids is 1. The summed E-state index contributed by atoms with van der Waals surface area (Å²) in [6.45, 7) is 0. The minimum Gasteiger partial charge on any atom is -0.545 e. The van der Waals surface area contributed by atoms with Crippen molar-refractivity contribution in [2.45, 2.75) is 0 Å².